The van der Waals surface area contributed by atoms with Crippen LogP contribution < -0.4 is 11.0 Å². The van der Waals surface area contributed by atoms with Crippen molar-refractivity contribution in [1.29, 1.82) is 0 Å². The van der Waals surface area contributed by atoms with E-state index in [0.29, 0.717) is 31.5 Å². The number of benzene rings is 2. The van der Waals surface area contributed by atoms with Gasteiger partial charge in [-0.2, -0.15) is 0 Å². The Bertz CT molecular complexity index is 1380. The van der Waals surface area contributed by atoms with E-state index in [1.54, 1.807) is 15.3 Å². The molecule has 194 valence electrons. The third kappa shape index (κ3) is 6.03. The molecule has 0 aliphatic carbocycles. The van der Waals surface area contributed by atoms with E-state index in [1.807, 2.05) is 50.5 Å². The van der Waals surface area contributed by atoms with Gasteiger partial charge >= 0.3 is 5.69 Å². The van der Waals surface area contributed by atoms with Gasteiger partial charge in [0.2, 0.25) is 0 Å². The molecule has 1 saturated heterocycles. The fourth-order valence-corrected chi connectivity index (χ4v) is 4.72. The van der Waals surface area contributed by atoms with Crippen LogP contribution >= 0.6 is 0 Å². The molecule has 1 aliphatic rings. The Hall–Kier alpha value is -3.62. The van der Waals surface area contributed by atoms with Gasteiger partial charge in [-0.1, -0.05) is 30.7 Å². The van der Waals surface area contributed by atoms with Crippen molar-refractivity contribution in [2.75, 3.05) is 31.6 Å². The Morgan fingerprint density at radius 3 is 2.76 bits per heavy atom. The van der Waals surface area contributed by atoms with Crippen molar-refractivity contribution >= 4 is 11.7 Å². The van der Waals surface area contributed by atoms with Gasteiger partial charge < -0.3 is 19.4 Å². The highest BCUT2D eigenvalue weighted by Gasteiger charge is 2.13. The van der Waals surface area contributed by atoms with Crippen molar-refractivity contribution in [3.63, 3.8) is 0 Å². The van der Waals surface area contributed by atoms with Crippen LogP contribution in [0.2, 0.25) is 0 Å². The van der Waals surface area contributed by atoms with Gasteiger partial charge in [-0.15, -0.1) is 0 Å². The van der Waals surface area contributed by atoms with Crippen LogP contribution in [0.5, 0.6) is 0 Å². The molecular weight excluding hydrogens is 466 g/mol. The molecule has 1 aliphatic heterocycles. The highest BCUT2D eigenvalue weighted by molar-refractivity contribution is 5.63. The van der Waals surface area contributed by atoms with E-state index >= 15 is 0 Å². The van der Waals surface area contributed by atoms with Crippen molar-refractivity contribution < 1.29 is 9.15 Å². The minimum atomic E-state index is -0.0310. The number of anilines is 2. The number of aryl methyl sites for hydroxylation is 1. The molecule has 0 unspecified atom stereocenters. The van der Waals surface area contributed by atoms with Crippen molar-refractivity contribution in [3.05, 3.63) is 82.7 Å². The van der Waals surface area contributed by atoms with Crippen LogP contribution in [0, 0.1) is 6.92 Å². The minimum Gasteiger partial charge on any atom is -0.423 e. The zero-order valence-corrected chi connectivity index (χ0v) is 21.7. The topological polar surface area (TPSA) is 77.5 Å². The molecule has 5 rings (SSSR count). The van der Waals surface area contributed by atoms with Crippen molar-refractivity contribution in [3.8, 4) is 17.0 Å². The Morgan fingerprint density at radius 2 is 1.92 bits per heavy atom. The number of rotatable bonds is 10. The zero-order valence-electron chi connectivity index (χ0n) is 21.7. The second-order valence-corrected chi connectivity index (χ2v) is 9.54. The van der Waals surface area contributed by atoms with Gasteiger partial charge in [0.1, 0.15) is 0 Å². The first-order chi connectivity index (χ1) is 18.1. The third-order valence-electron chi connectivity index (χ3n) is 6.88. The number of likely N-dealkylation sites (tertiary alicyclic amines) is 1. The number of aromatic nitrogens is 3. The summed E-state index contributed by atoms with van der Waals surface area (Å²) in [7, 11) is 0. The molecule has 0 amide bonds. The van der Waals surface area contributed by atoms with Gasteiger partial charge in [-0.05, 0) is 69.1 Å². The van der Waals surface area contributed by atoms with Crippen LogP contribution in [0.25, 0.3) is 17.0 Å². The molecule has 4 aromatic rings. The average Bonchev–Trinajstić information content (AvgIpc) is 3.55. The van der Waals surface area contributed by atoms with Crippen LogP contribution in [-0.4, -0.2) is 45.3 Å². The van der Waals surface area contributed by atoms with E-state index in [4.69, 9.17) is 9.15 Å². The molecule has 37 heavy (non-hydrogen) atoms. The highest BCUT2D eigenvalue weighted by atomic mass is 16.5. The molecule has 0 atom stereocenters. The van der Waals surface area contributed by atoms with Crippen LogP contribution in [0.3, 0.4) is 0 Å². The summed E-state index contributed by atoms with van der Waals surface area (Å²) in [5, 5.41) is 3.28. The average molecular weight is 502 g/mol. The van der Waals surface area contributed by atoms with Gasteiger partial charge in [0.15, 0.2) is 5.76 Å². The van der Waals surface area contributed by atoms with Crippen molar-refractivity contribution in [2.45, 2.75) is 46.3 Å². The number of hydrogen-bond donors (Lipinski definition) is 1. The predicted molar refractivity (Wildman–Crippen MR) is 146 cm³/mol. The molecule has 1 fully saturated rings. The molecule has 0 radical (unpaired) electrons. The standard InChI is InChI=1S/C29H35N5O3/c1-3-36-21-23-11-10-22(2)26(18-23)31-28-30-20-27(37-28)24-8-7-9-25(19-24)34-17-16-33(29(34)35)15-14-32-12-5-4-6-13-32/h7-11,16-20H,3-6,12-15,21H2,1-2H3,(H,30,31). The molecule has 0 bridgehead atoms. The summed E-state index contributed by atoms with van der Waals surface area (Å²) in [4.78, 5) is 19.9. The fraction of sp³-hybridized carbons (Fsp3) is 0.379. The molecule has 2 aromatic carbocycles. The summed E-state index contributed by atoms with van der Waals surface area (Å²) in [6, 6.07) is 14.4. The van der Waals surface area contributed by atoms with E-state index in [2.05, 4.69) is 33.4 Å². The number of nitrogens with zero attached hydrogens (tertiary/aromatic N) is 4. The maximum absolute atomic E-state index is 13.1. The summed E-state index contributed by atoms with van der Waals surface area (Å²) in [5.41, 5.74) is 4.72. The number of imidazole rings is 1. The highest BCUT2D eigenvalue weighted by Crippen LogP contribution is 2.27. The molecule has 2 aromatic heterocycles. The van der Waals surface area contributed by atoms with Gasteiger partial charge in [-0.3, -0.25) is 9.13 Å². The van der Waals surface area contributed by atoms with Crippen LogP contribution in [0.1, 0.15) is 37.3 Å². The number of hydrogen-bond acceptors (Lipinski definition) is 6. The first-order valence-corrected chi connectivity index (χ1v) is 13.1. The normalized spacial score (nSPS) is 14.2. The smallest absolute Gasteiger partial charge is 0.332 e. The van der Waals surface area contributed by atoms with E-state index in [-0.39, 0.29) is 5.69 Å². The van der Waals surface area contributed by atoms with Gasteiger partial charge in [0.05, 0.1) is 18.5 Å². The lowest BCUT2D eigenvalue weighted by atomic mass is 10.1. The lowest BCUT2D eigenvalue weighted by Crippen LogP contribution is -2.34. The molecule has 0 spiro atoms. The predicted octanol–water partition coefficient (Wildman–Crippen LogP) is 5.37. The molecule has 8 nitrogen and oxygen atoms in total. The van der Waals surface area contributed by atoms with Gasteiger partial charge in [0, 0.05) is 43.3 Å². The quantitative estimate of drug-likeness (QED) is 0.315. The summed E-state index contributed by atoms with van der Waals surface area (Å²) in [6.07, 6.45) is 9.23. The van der Waals surface area contributed by atoms with Gasteiger partial charge in [-0.25, -0.2) is 9.78 Å². The third-order valence-corrected chi connectivity index (χ3v) is 6.88. The SMILES string of the molecule is CCOCc1ccc(C)c(Nc2ncc(-c3cccc(-n4ccn(CCN5CCCCC5)c4=O)c3)o2)c1. The number of piperidine rings is 1. The fourth-order valence-electron chi connectivity index (χ4n) is 4.72. The summed E-state index contributed by atoms with van der Waals surface area (Å²) in [5.74, 6) is 0.630. The van der Waals surface area contributed by atoms with Crippen LogP contribution in [0.4, 0.5) is 11.7 Å². The Morgan fingerprint density at radius 1 is 1.05 bits per heavy atom. The van der Waals surface area contributed by atoms with Crippen molar-refractivity contribution in [2.24, 2.45) is 0 Å². The van der Waals surface area contributed by atoms with Crippen LogP contribution in [0.15, 0.2) is 70.3 Å². The summed E-state index contributed by atoms with van der Waals surface area (Å²) in [6.45, 7) is 9.13. The molecule has 8 heteroatoms. The molecule has 0 saturated carbocycles. The molecular formula is C29H35N5O3. The summed E-state index contributed by atoms with van der Waals surface area (Å²) >= 11 is 0. The van der Waals surface area contributed by atoms with E-state index in [1.165, 1.54) is 19.3 Å². The first kappa shape index (κ1) is 25.0. The summed E-state index contributed by atoms with van der Waals surface area (Å²) < 4.78 is 15.0. The second-order valence-electron chi connectivity index (χ2n) is 9.54. The Labute approximate surface area is 217 Å². The number of oxazole rings is 1. The van der Waals surface area contributed by atoms with E-state index in [9.17, 15) is 4.79 Å². The molecule has 1 N–H and O–H groups in total. The molecule has 3 heterocycles. The Balaban J connectivity index is 1.29. The van der Waals surface area contributed by atoms with Gasteiger partial charge in [0.25, 0.3) is 6.01 Å². The maximum Gasteiger partial charge on any atom is 0.332 e. The monoisotopic (exact) mass is 501 g/mol. The van der Waals surface area contributed by atoms with E-state index in [0.717, 1.165) is 47.7 Å². The lowest BCUT2D eigenvalue weighted by molar-refractivity contribution is 0.134. The van der Waals surface area contributed by atoms with Crippen molar-refractivity contribution in [1.82, 2.24) is 19.0 Å². The maximum atomic E-state index is 13.1. The second kappa shape index (κ2) is 11.6. The minimum absolute atomic E-state index is 0.0310. The zero-order chi connectivity index (χ0) is 25.6. The first-order valence-electron chi connectivity index (χ1n) is 13.1. The van der Waals surface area contributed by atoms with Crippen LogP contribution in [-0.2, 0) is 17.9 Å². The number of ether oxygens (including phenoxy) is 1. The van der Waals surface area contributed by atoms with E-state index < -0.39 is 0 Å². The number of nitrogens with one attached hydrogen (secondary N) is 1. The largest absolute Gasteiger partial charge is 0.423 e. The Kier molecular flexibility index (Phi) is 7.87. The lowest BCUT2D eigenvalue weighted by Gasteiger charge is -2.26.